The number of rotatable bonds is 7. The predicted octanol–water partition coefficient (Wildman–Crippen LogP) is 2.71. The van der Waals surface area contributed by atoms with Gasteiger partial charge in [-0.1, -0.05) is 11.6 Å². The van der Waals surface area contributed by atoms with Gasteiger partial charge in [-0.3, -0.25) is 0 Å². The van der Waals surface area contributed by atoms with Gasteiger partial charge in [0.05, 0.1) is 13.2 Å². The zero-order chi connectivity index (χ0) is 13.5. The second kappa shape index (κ2) is 7.28. The first-order valence-electron chi connectivity index (χ1n) is 5.73. The fourth-order valence-corrected chi connectivity index (χ4v) is 1.64. The molecule has 1 rings (SSSR count). The summed E-state index contributed by atoms with van der Waals surface area (Å²) in [4.78, 5) is 0. The maximum Gasteiger partial charge on any atom is 0.261 e. The van der Waals surface area contributed by atoms with Crippen molar-refractivity contribution in [2.75, 3.05) is 20.3 Å². The van der Waals surface area contributed by atoms with Gasteiger partial charge >= 0.3 is 0 Å². The molecule has 0 amide bonds. The Morgan fingerprint density at radius 3 is 2.67 bits per heavy atom. The fourth-order valence-electron chi connectivity index (χ4n) is 1.64. The Morgan fingerprint density at radius 2 is 2.06 bits per heavy atom. The molecule has 1 unspecified atom stereocenters. The van der Waals surface area contributed by atoms with E-state index in [1.807, 2.05) is 19.1 Å². The largest absolute Gasteiger partial charge is 0.496 e. The molecule has 1 N–H and O–H groups in total. The highest BCUT2D eigenvalue weighted by Crippen LogP contribution is 2.28. The van der Waals surface area contributed by atoms with E-state index in [0.29, 0.717) is 11.3 Å². The van der Waals surface area contributed by atoms with Crippen molar-refractivity contribution in [1.29, 1.82) is 0 Å². The average Bonchev–Trinajstić information content (AvgIpc) is 2.34. The van der Waals surface area contributed by atoms with Crippen molar-refractivity contribution in [3.05, 3.63) is 29.3 Å². The lowest BCUT2D eigenvalue weighted by molar-refractivity contribution is 0.00460. The molecule has 0 aliphatic rings. The van der Waals surface area contributed by atoms with E-state index in [2.05, 4.69) is 0 Å². The van der Waals surface area contributed by atoms with E-state index in [0.717, 1.165) is 5.56 Å². The Morgan fingerprint density at radius 1 is 1.33 bits per heavy atom. The SMILES string of the molecule is COc1ccc(C)cc1C(O)CCOCC(F)F. The molecular weight excluding hydrogens is 242 g/mol. The number of aryl methyl sites for hydroxylation is 1. The summed E-state index contributed by atoms with van der Waals surface area (Å²) in [6.07, 6.45) is -3.00. The first-order chi connectivity index (χ1) is 8.54. The smallest absolute Gasteiger partial charge is 0.261 e. The van der Waals surface area contributed by atoms with Crippen LogP contribution in [-0.2, 0) is 4.74 Å². The number of methoxy groups -OCH3 is 1. The van der Waals surface area contributed by atoms with Gasteiger partial charge in [0.25, 0.3) is 6.43 Å². The molecule has 0 heterocycles. The van der Waals surface area contributed by atoms with Crippen LogP contribution in [0.25, 0.3) is 0 Å². The average molecular weight is 260 g/mol. The van der Waals surface area contributed by atoms with Crippen LogP contribution in [0.1, 0.15) is 23.7 Å². The van der Waals surface area contributed by atoms with Crippen LogP contribution in [0.15, 0.2) is 18.2 Å². The molecule has 18 heavy (non-hydrogen) atoms. The van der Waals surface area contributed by atoms with Crippen LogP contribution in [0.4, 0.5) is 8.78 Å². The molecule has 0 bridgehead atoms. The van der Waals surface area contributed by atoms with Crippen molar-refractivity contribution in [1.82, 2.24) is 0 Å². The lowest BCUT2D eigenvalue weighted by Crippen LogP contribution is -2.09. The van der Waals surface area contributed by atoms with Crippen LogP contribution in [0, 0.1) is 6.92 Å². The summed E-state index contributed by atoms with van der Waals surface area (Å²) < 4.78 is 33.6. The van der Waals surface area contributed by atoms with Crippen molar-refractivity contribution >= 4 is 0 Å². The molecule has 0 aromatic heterocycles. The lowest BCUT2D eigenvalue weighted by atomic mass is 10.0. The number of benzene rings is 1. The highest BCUT2D eigenvalue weighted by molar-refractivity contribution is 5.38. The summed E-state index contributed by atoms with van der Waals surface area (Å²) in [6.45, 7) is 1.39. The van der Waals surface area contributed by atoms with Gasteiger partial charge in [0.1, 0.15) is 12.4 Å². The molecule has 0 spiro atoms. The minimum Gasteiger partial charge on any atom is -0.496 e. The molecule has 0 aliphatic heterocycles. The summed E-state index contributed by atoms with van der Waals surface area (Å²) in [7, 11) is 1.52. The molecule has 1 aromatic rings. The van der Waals surface area contributed by atoms with E-state index in [1.165, 1.54) is 7.11 Å². The van der Waals surface area contributed by atoms with Crippen molar-refractivity contribution in [2.45, 2.75) is 25.9 Å². The zero-order valence-corrected chi connectivity index (χ0v) is 10.5. The van der Waals surface area contributed by atoms with Crippen LogP contribution < -0.4 is 4.74 Å². The number of halogens is 2. The Bertz CT molecular complexity index is 369. The summed E-state index contributed by atoms with van der Waals surface area (Å²) >= 11 is 0. The third kappa shape index (κ3) is 4.58. The van der Waals surface area contributed by atoms with Gasteiger partial charge in [-0.15, -0.1) is 0 Å². The Kier molecular flexibility index (Phi) is 6.01. The number of aliphatic hydroxyl groups excluding tert-OH is 1. The van der Waals surface area contributed by atoms with Crippen molar-refractivity contribution in [3.63, 3.8) is 0 Å². The lowest BCUT2D eigenvalue weighted by Gasteiger charge is -2.15. The summed E-state index contributed by atoms with van der Waals surface area (Å²) in [5.41, 5.74) is 1.65. The molecular formula is C13H18F2O3. The third-order valence-electron chi connectivity index (χ3n) is 2.52. The van der Waals surface area contributed by atoms with Gasteiger partial charge in [-0.2, -0.15) is 0 Å². The third-order valence-corrected chi connectivity index (χ3v) is 2.52. The van der Waals surface area contributed by atoms with Crippen LogP contribution in [-0.4, -0.2) is 31.9 Å². The van der Waals surface area contributed by atoms with E-state index in [-0.39, 0.29) is 13.0 Å². The van der Waals surface area contributed by atoms with Crippen LogP contribution >= 0.6 is 0 Å². The second-order valence-electron chi connectivity index (χ2n) is 4.02. The summed E-state index contributed by atoms with van der Waals surface area (Å²) in [5.74, 6) is 0.585. The van der Waals surface area contributed by atoms with Crippen molar-refractivity contribution in [3.8, 4) is 5.75 Å². The topological polar surface area (TPSA) is 38.7 Å². The van der Waals surface area contributed by atoms with Crippen molar-refractivity contribution < 1.29 is 23.4 Å². The fraction of sp³-hybridized carbons (Fsp3) is 0.538. The van der Waals surface area contributed by atoms with Crippen LogP contribution in [0.2, 0.25) is 0 Å². The first-order valence-corrected chi connectivity index (χ1v) is 5.73. The standard InChI is InChI=1S/C13H18F2O3/c1-9-3-4-12(17-2)10(7-9)11(16)5-6-18-8-13(14)15/h3-4,7,11,13,16H,5-6,8H2,1-2H3. The van der Waals surface area contributed by atoms with Gasteiger partial charge in [-0.05, 0) is 19.1 Å². The Labute approximate surface area is 105 Å². The number of hydrogen-bond acceptors (Lipinski definition) is 3. The zero-order valence-electron chi connectivity index (χ0n) is 10.5. The van der Waals surface area contributed by atoms with Crippen LogP contribution in [0.5, 0.6) is 5.75 Å². The predicted molar refractivity (Wildman–Crippen MR) is 64.1 cm³/mol. The monoisotopic (exact) mass is 260 g/mol. The number of alkyl halides is 2. The summed E-state index contributed by atoms with van der Waals surface area (Å²) in [5, 5.41) is 9.97. The minimum absolute atomic E-state index is 0.0859. The maximum absolute atomic E-state index is 11.8. The highest BCUT2D eigenvalue weighted by atomic mass is 19.3. The Hall–Kier alpha value is -1.20. The number of ether oxygens (including phenoxy) is 2. The van der Waals surface area contributed by atoms with Gasteiger partial charge in [0.15, 0.2) is 0 Å². The van der Waals surface area contributed by atoms with Crippen LogP contribution in [0.3, 0.4) is 0 Å². The van der Waals surface area contributed by atoms with Gasteiger partial charge in [-0.25, -0.2) is 8.78 Å². The van der Waals surface area contributed by atoms with E-state index < -0.39 is 19.1 Å². The molecule has 0 saturated heterocycles. The summed E-state index contributed by atoms with van der Waals surface area (Å²) in [6, 6.07) is 5.47. The van der Waals surface area contributed by atoms with E-state index in [9.17, 15) is 13.9 Å². The molecule has 1 atom stereocenters. The number of hydrogen-bond donors (Lipinski definition) is 1. The quantitative estimate of drug-likeness (QED) is 0.766. The highest BCUT2D eigenvalue weighted by Gasteiger charge is 2.13. The number of aliphatic hydroxyl groups is 1. The normalized spacial score (nSPS) is 12.8. The minimum atomic E-state index is -2.48. The molecule has 5 heteroatoms. The molecule has 0 fully saturated rings. The maximum atomic E-state index is 11.8. The first kappa shape index (κ1) is 14.9. The van der Waals surface area contributed by atoms with E-state index in [1.54, 1.807) is 6.07 Å². The molecule has 0 saturated carbocycles. The molecule has 3 nitrogen and oxygen atoms in total. The van der Waals surface area contributed by atoms with Crippen molar-refractivity contribution in [2.24, 2.45) is 0 Å². The Balaban J connectivity index is 2.55. The van der Waals surface area contributed by atoms with Gasteiger partial charge < -0.3 is 14.6 Å². The van der Waals surface area contributed by atoms with Gasteiger partial charge in [0.2, 0.25) is 0 Å². The molecule has 0 radical (unpaired) electrons. The van der Waals surface area contributed by atoms with Gasteiger partial charge in [0, 0.05) is 18.6 Å². The molecule has 0 aliphatic carbocycles. The van der Waals surface area contributed by atoms with E-state index >= 15 is 0 Å². The van der Waals surface area contributed by atoms with E-state index in [4.69, 9.17) is 9.47 Å². The second-order valence-corrected chi connectivity index (χ2v) is 4.02. The molecule has 102 valence electrons. The molecule has 1 aromatic carbocycles.